The minimum absolute atomic E-state index is 0.355. The number of aromatic nitrogens is 3. The molecule has 0 fully saturated rings. The van der Waals surface area contributed by atoms with Crippen molar-refractivity contribution in [1.29, 1.82) is 0 Å². The molecule has 4 rings (SSSR count). The summed E-state index contributed by atoms with van der Waals surface area (Å²) in [4.78, 5) is 6.86. The van der Waals surface area contributed by atoms with Gasteiger partial charge in [0.2, 0.25) is 5.95 Å². The Labute approximate surface area is 135 Å². The molecule has 23 heavy (non-hydrogen) atoms. The van der Waals surface area contributed by atoms with Crippen LogP contribution in [0, 0.1) is 0 Å². The molecule has 1 unspecified atom stereocenters. The lowest BCUT2D eigenvalue weighted by Crippen LogP contribution is -2.25. The van der Waals surface area contributed by atoms with Crippen LogP contribution in [0.3, 0.4) is 0 Å². The fourth-order valence-electron chi connectivity index (χ4n) is 3.03. The number of para-hydroxylation sites is 2. The number of rotatable bonds is 3. The number of hydrogen-bond donors (Lipinski definition) is 1. The van der Waals surface area contributed by atoms with Gasteiger partial charge in [0.25, 0.3) is 0 Å². The molecular weight excluding hydrogens is 286 g/mol. The van der Waals surface area contributed by atoms with Gasteiger partial charge < -0.3 is 10.2 Å². The molecule has 1 atom stereocenters. The molecule has 0 radical (unpaired) electrons. The quantitative estimate of drug-likeness (QED) is 0.799. The molecule has 0 bridgehead atoms. The standard InChI is InChI=1S/C18H17N5/c1-13-11-14-7-5-6-10-16(14)23(13)17-12-19-22-18(21-17)20-15-8-3-2-4-9-15/h2-10,12-13H,11H2,1H3,(H,20,21,22). The predicted molar refractivity (Wildman–Crippen MR) is 91.3 cm³/mol. The zero-order valence-electron chi connectivity index (χ0n) is 12.8. The van der Waals surface area contributed by atoms with Gasteiger partial charge in [-0.15, -0.1) is 5.10 Å². The van der Waals surface area contributed by atoms with Crippen molar-refractivity contribution in [1.82, 2.24) is 15.2 Å². The molecule has 5 heteroatoms. The summed E-state index contributed by atoms with van der Waals surface area (Å²) in [7, 11) is 0. The van der Waals surface area contributed by atoms with Crippen LogP contribution in [0.5, 0.6) is 0 Å². The summed E-state index contributed by atoms with van der Waals surface area (Å²) in [5.74, 6) is 1.32. The fraction of sp³-hybridized carbons (Fsp3) is 0.167. The third-order valence-electron chi connectivity index (χ3n) is 4.03. The lowest BCUT2D eigenvalue weighted by atomic mass is 10.1. The van der Waals surface area contributed by atoms with Crippen LogP contribution in [-0.2, 0) is 6.42 Å². The Morgan fingerprint density at radius 1 is 1.04 bits per heavy atom. The monoisotopic (exact) mass is 303 g/mol. The van der Waals surface area contributed by atoms with Gasteiger partial charge in [0, 0.05) is 17.4 Å². The van der Waals surface area contributed by atoms with Crippen molar-refractivity contribution in [2.24, 2.45) is 0 Å². The topological polar surface area (TPSA) is 53.9 Å². The van der Waals surface area contributed by atoms with E-state index in [0.29, 0.717) is 12.0 Å². The number of benzene rings is 2. The van der Waals surface area contributed by atoms with E-state index >= 15 is 0 Å². The van der Waals surface area contributed by atoms with Crippen LogP contribution < -0.4 is 10.2 Å². The summed E-state index contributed by atoms with van der Waals surface area (Å²) in [6.45, 7) is 2.20. The minimum Gasteiger partial charge on any atom is -0.323 e. The van der Waals surface area contributed by atoms with Crippen LogP contribution in [0.15, 0.2) is 60.8 Å². The number of anilines is 4. The zero-order valence-corrected chi connectivity index (χ0v) is 12.8. The van der Waals surface area contributed by atoms with Gasteiger partial charge >= 0.3 is 0 Å². The maximum absolute atomic E-state index is 4.64. The van der Waals surface area contributed by atoms with Crippen LogP contribution in [-0.4, -0.2) is 21.2 Å². The van der Waals surface area contributed by atoms with Crippen LogP contribution in [0.1, 0.15) is 12.5 Å². The second-order valence-corrected chi connectivity index (χ2v) is 5.68. The summed E-state index contributed by atoms with van der Waals surface area (Å²) < 4.78 is 0. The average Bonchev–Trinajstić information content (AvgIpc) is 2.92. The lowest BCUT2D eigenvalue weighted by Gasteiger charge is -2.23. The van der Waals surface area contributed by atoms with E-state index in [9.17, 15) is 0 Å². The normalized spacial score (nSPS) is 16.2. The maximum Gasteiger partial charge on any atom is 0.249 e. The van der Waals surface area contributed by atoms with Crippen molar-refractivity contribution in [2.75, 3.05) is 10.2 Å². The van der Waals surface area contributed by atoms with Crippen molar-refractivity contribution in [3.63, 3.8) is 0 Å². The van der Waals surface area contributed by atoms with Crippen molar-refractivity contribution in [3.8, 4) is 0 Å². The molecule has 0 saturated heterocycles. The number of hydrogen-bond acceptors (Lipinski definition) is 5. The molecule has 5 nitrogen and oxygen atoms in total. The molecule has 1 aliphatic heterocycles. The smallest absolute Gasteiger partial charge is 0.249 e. The molecule has 2 aromatic carbocycles. The third-order valence-corrected chi connectivity index (χ3v) is 4.03. The Morgan fingerprint density at radius 2 is 1.83 bits per heavy atom. The highest BCUT2D eigenvalue weighted by Crippen LogP contribution is 2.36. The lowest BCUT2D eigenvalue weighted by molar-refractivity contribution is 0.745. The van der Waals surface area contributed by atoms with Crippen LogP contribution >= 0.6 is 0 Å². The molecule has 1 N–H and O–H groups in total. The van der Waals surface area contributed by atoms with Crippen molar-refractivity contribution in [3.05, 3.63) is 66.4 Å². The summed E-state index contributed by atoms with van der Waals surface area (Å²) >= 11 is 0. The van der Waals surface area contributed by atoms with Gasteiger partial charge in [0.1, 0.15) is 0 Å². The van der Waals surface area contributed by atoms with E-state index in [-0.39, 0.29) is 0 Å². The van der Waals surface area contributed by atoms with Gasteiger partial charge in [0.05, 0.1) is 6.20 Å². The van der Waals surface area contributed by atoms with Crippen LogP contribution in [0.4, 0.5) is 23.1 Å². The van der Waals surface area contributed by atoms with E-state index in [2.05, 4.69) is 56.6 Å². The Morgan fingerprint density at radius 3 is 2.70 bits per heavy atom. The highest BCUT2D eigenvalue weighted by molar-refractivity contribution is 5.69. The summed E-state index contributed by atoms with van der Waals surface area (Å²) in [5, 5.41) is 11.4. The van der Waals surface area contributed by atoms with Gasteiger partial charge in [-0.1, -0.05) is 36.4 Å². The molecule has 0 aliphatic carbocycles. The number of nitrogens with zero attached hydrogens (tertiary/aromatic N) is 4. The Balaban J connectivity index is 1.67. The minimum atomic E-state index is 0.355. The highest BCUT2D eigenvalue weighted by atomic mass is 15.3. The molecule has 0 saturated carbocycles. The average molecular weight is 303 g/mol. The number of nitrogens with one attached hydrogen (secondary N) is 1. The van der Waals surface area contributed by atoms with Crippen molar-refractivity contribution < 1.29 is 0 Å². The van der Waals surface area contributed by atoms with Gasteiger partial charge in [-0.3, -0.25) is 0 Å². The fourth-order valence-corrected chi connectivity index (χ4v) is 3.03. The first-order valence-corrected chi connectivity index (χ1v) is 7.70. The summed E-state index contributed by atoms with van der Waals surface area (Å²) in [6.07, 6.45) is 2.73. The van der Waals surface area contributed by atoms with E-state index in [1.54, 1.807) is 6.20 Å². The molecule has 1 aromatic heterocycles. The van der Waals surface area contributed by atoms with Gasteiger partial charge in [0.15, 0.2) is 5.82 Å². The first-order chi connectivity index (χ1) is 11.3. The molecule has 3 aromatic rings. The zero-order chi connectivity index (χ0) is 15.6. The van der Waals surface area contributed by atoms with Gasteiger partial charge in [-0.25, -0.2) is 0 Å². The van der Waals surface area contributed by atoms with Crippen molar-refractivity contribution >= 4 is 23.1 Å². The molecule has 1 aliphatic rings. The van der Waals surface area contributed by atoms with E-state index in [1.165, 1.54) is 11.3 Å². The first kappa shape index (κ1) is 13.7. The summed E-state index contributed by atoms with van der Waals surface area (Å²) in [6, 6.07) is 18.7. The van der Waals surface area contributed by atoms with Gasteiger partial charge in [-0.2, -0.15) is 10.1 Å². The Kier molecular flexibility index (Phi) is 3.38. The van der Waals surface area contributed by atoms with E-state index in [0.717, 1.165) is 17.9 Å². The second-order valence-electron chi connectivity index (χ2n) is 5.68. The van der Waals surface area contributed by atoms with E-state index < -0.39 is 0 Å². The third kappa shape index (κ3) is 2.61. The maximum atomic E-state index is 4.64. The molecular formula is C18H17N5. The molecule has 0 amide bonds. The van der Waals surface area contributed by atoms with Gasteiger partial charge in [-0.05, 0) is 37.1 Å². The Bertz CT molecular complexity index is 818. The largest absolute Gasteiger partial charge is 0.323 e. The summed E-state index contributed by atoms with van der Waals surface area (Å²) in [5.41, 5.74) is 3.49. The van der Waals surface area contributed by atoms with Crippen LogP contribution in [0.2, 0.25) is 0 Å². The SMILES string of the molecule is CC1Cc2ccccc2N1c1cnnc(Nc2ccccc2)n1. The van der Waals surface area contributed by atoms with Crippen molar-refractivity contribution in [2.45, 2.75) is 19.4 Å². The highest BCUT2D eigenvalue weighted by Gasteiger charge is 2.28. The molecule has 0 spiro atoms. The second kappa shape index (κ2) is 5.68. The van der Waals surface area contributed by atoms with E-state index in [1.807, 2.05) is 30.3 Å². The number of fused-ring (bicyclic) bond motifs is 1. The first-order valence-electron chi connectivity index (χ1n) is 7.70. The predicted octanol–water partition coefficient (Wildman–Crippen LogP) is 3.70. The molecule has 114 valence electrons. The van der Waals surface area contributed by atoms with E-state index in [4.69, 9.17) is 0 Å². The molecule has 2 heterocycles. The van der Waals surface area contributed by atoms with Crippen LogP contribution in [0.25, 0.3) is 0 Å². The Hall–Kier alpha value is -2.95.